The number of hydrogen-bond acceptors (Lipinski definition) is 2. The van der Waals surface area contributed by atoms with E-state index in [-0.39, 0.29) is 5.60 Å². The number of nitrogens with one attached hydrogen (secondary N) is 1. The van der Waals surface area contributed by atoms with Crippen LogP contribution in [0.2, 0.25) is 0 Å². The molecule has 1 fully saturated rings. The van der Waals surface area contributed by atoms with E-state index in [1.807, 2.05) is 0 Å². The fourth-order valence-corrected chi connectivity index (χ4v) is 2.17. The zero-order valence-electron chi connectivity index (χ0n) is 10.1. The van der Waals surface area contributed by atoms with E-state index in [0.29, 0.717) is 6.04 Å². The maximum Gasteiger partial charge on any atom is 0.0781 e. The molecule has 0 aromatic heterocycles. The van der Waals surface area contributed by atoms with Gasteiger partial charge in [0, 0.05) is 12.6 Å². The van der Waals surface area contributed by atoms with Crippen LogP contribution in [0.1, 0.15) is 47.0 Å². The molecule has 1 saturated carbocycles. The highest BCUT2D eigenvalue weighted by atomic mass is 16.5. The molecule has 84 valence electrons. The Morgan fingerprint density at radius 2 is 2.00 bits per heavy atom. The van der Waals surface area contributed by atoms with E-state index in [4.69, 9.17) is 4.74 Å². The molecule has 0 radical (unpaired) electrons. The molecule has 0 aromatic carbocycles. The minimum Gasteiger partial charge on any atom is -0.374 e. The normalized spacial score (nSPS) is 19.7. The predicted octanol–water partition coefficient (Wildman–Crippen LogP) is 2.58. The Kier molecular flexibility index (Phi) is 4.39. The molecular weight excluding hydrogens is 174 g/mol. The van der Waals surface area contributed by atoms with Gasteiger partial charge in [0.05, 0.1) is 5.60 Å². The zero-order valence-corrected chi connectivity index (χ0v) is 10.1. The summed E-state index contributed by atoms with van der Waals surface area (Å²) in [6, 6.07) is 0.544. The molecule has 0 spiro atoms. The minimum atomic E-state index is -0.00884. The molecule has 1 atom stereocenters. The van der Waals surface area contributed by atoms with Gasteiger partial charge in [-0.05, 0) is 52.5 Å². The highest BCUT2D eigenvalue weighted by Gasteiger charge is 2.41. The molecule has 1 aliphatic carbocycles. The van der Waals surface area contributed by atoms with Crippen molar-refractivity contribution < 1.29 is 4.74 Å². The van der Waals surface area contributed by atoms with Gasteiger partial charge < -0.3 is 10.1 Å². The SMILES string of the molecule is CCCNC(C1CC1)C(C)(C)OCC. The van der Waals surface area contributed by atoms with E-state index < -0.39 is 0 Å². The first-order chi connectivity index (χ1) is 6.61. The van der Waals surface area contributed by atoms with E-state index in [1.165, 1.54) is 19.3 Å². The van der Waals surface area contributed by atoms with Crippen LogP contribution in [0.4, 0.5) is 0 Å². The lowest BCUT2D eigenvalue weighted by Gasteiger charge is -2.35. The Hall–Kier alpha value is -0.0800. The fraction of sp³-hybridized carbons (Fsp3) is 1.00. The highest BCUT2D eigenvalue weighted by molar-refractivity contribution is 4.96. The van der Waals surface area contributed by atoms with Gasteiger partial charge in [-0.3, -0.25) is 0 Å². The van der Waals surface area contributed by atoms with E-state index in [1.54, 1.807) is 0 Å². The van der Waals surface area contributed by atoms with E-state index in [2.05, 4.69) is 33.0 Å². The molecule has 0 amide bonds. The summed E-state index contributed by atoms with van der Waals surface area (Å²) in [6.45, 7) is 10.6. The average Bonchev–Trinajstić information content (AvgIpc) is 2.88. The number of hydrogen-bond donors (Lipinski definition) is 1. The van der Waals surface area contributed by atoms with E-state index in [0.717, 1.165) is 19.1 Å². The summed E-state index contributed by atoms with van der Waals surface area (Å²) in [4.78, 5) is 0. The van der Waals surface area contributed by atoms with Crippen molar-refractivity contribution >= 4 is 0 Å². The summed E-state index contributed by atoms with van der Waals surface area (Å²) in [5, 5.41) is 3.63. The van der Waals surface area contributed by atoms with Crippen LogP contribution in [0.3, 0.4) is 0 Å². The summed E-state index contributed by atoms with van der Waals surface area (Å²) >= 11 is 0. The minimum absolute atomic E-state index is 0.00884. The molecule has 1 N–H and O–H groups in total. The smallest absolute Gasteiger partial charge is 0.0781 e. The van der Waals surface area contributed by atoms with Gasteiger partial charge in [0.25, 0.3) is 0 Å². The average molecular weight is 199 g/mol. The molecular formula is C12H25NO. The summed E-state index contributed by atoms with van der Waals surface area (Å²) in [7, 11) is 0. The Labute approximate surface area is 88.4 Å². The van der Waals surface area contributed by atoms with Crippen LogP contribution < -0.4 is 5.32 Å². The van der Waals surface area contributed by atoms with Crippen LogP contribution in [-0.4, -0.2) is 24.8 Å². The van der Waals surface area contributed by atoms with Crippen molar-refractivity contribution in [3.8, 4) is 0 Å². The van der Waals surface area contributed by atoms with Crippen LogP contribution in [0, 0.1) is 5.92 Å². The van der Waals surface area contributed by atoms with Crippen molar-refractivity contribution in [3.63, 3.8) is 0 Å². The lowest BCUT2D eigenvalue weighted by molar-refractivity contribution is -0.0435. The zero-order chi connectivity index (χ0) is 10.6. The summed E-state index contributed by atoms with van der Waals surface area (Å²) in [5.74, 6) is 0.850. The third kappa shape index (κ3) is 3.25. The van der Waals surface area contributed by atoms with Crippen molar-refractivity contribution in [1.29, 1.82) is 0 Å². The molecule has 0 aromatic rings. The van der Waals surface area contributed by atoms with Crippen molar-refractivity contribution in [3.05, 3.63) is 0 Å². The van der Waals surface area contributed by atoms with Crippen LogP contribution in [0.5, 0.6) is 0 Å². The molecule has 0 aliphatic heterocycles. The first kappa shape index (κ1) is 12.0. The summed E-state index contributed by atoms with van der Waals surface area (Å²) in [6.07, 6.45) is 3.95. The third-order valence-electron chi connectivity index (χ3n) is 2.97. The van der Waals surface area contributed by atoms with Gasteiger partial charge in [0.1, 0.15) is 0 Å². The number of ether oxygens (including phenoxy) is 1. The quantitative estimate of drug-likeness (QED) is 0.680. The Balaban J connectivity index is 2.46. The fourth-order valence-electron chi connectivity index (χ4n) is 2.17. The van der Waals surface area contributed by atoms with Gasteiger partial charge in [-0.25, -0.2) is 0 Å². The van der Waals surface area contributed by atoms with Crippen molar-refractivity contribution in [2.45, 2.75) is 58.6 Å². The standard InChI is InChI=1S/C12H25NO/c1-5-9-13-11(10-7-8-10)12(3,4)14-6-2/h10-11,13H,5-9H2,1-4H3. The monoisotopic (exact) mass is 199 g/mol. The topological polar surface area (TPSA) is 21.3 Å². The Morgan fingerprint density at radius 1 is 1.36 bits per heavy atom. The Morgan fingerprint density at radius 3 is 2.43 bits per heavy atom. The molecule has 2 nitrogen and oxygen atoms in total. The molecule has 0 heterocycles. The second kappa shape index (κ2) is 5.13. The first-order valence-corrected chi connectivity index (χ1v) is 5.99. The molecule has 0 saturated heterocycles. The van der Waals surface area contributed by atoms with Crippen molar-refractivity contribution in [1.82, 2.24) is 5.32 Å². The van der Waals surface area contributed by atoms with Crippen LogP contribution >= 0.6 is 0 Å². The lowest BCUT2D eigenvalue weighted by atomic mass is 9.94. The van der Waals surface area contributed by atoms with Gasteiger partial charge in [-0.1, -0.05) is 6.92 Å². The molecule has 1 aliphatic rings. The van der Waals surface area contributed by atoms with Crippen molar-refractivity contribution in [2.75, 3.05) is 13.2 Å². The van der Waals surface area contributed by atoms with Crippen molar-refractivity contribution in [2.24, 2.45) is 5.92 Å². The molecule has 1 unspecified atom stereocenters. The predicted molar refractivity (Wildman–Crippen MR) is 60.5 cm³/mol. The van der Waals surface area contributed by atoms with Gasteiger partial charge in [-0.15, -0.1) is 0 Å². The van der Waals surface area contributed by atoms with Gasteiger partial charge in [0.15, 0.2) is 0 Å². The molecule has 1 rings (SSSR count). The van der Waals surface area contributed by atoms with Crippen LogP contribution in [0.25, 0.3) is 0 Å². The summed E-state index contributed by atoms with van der Waals surface area (Å²) in [5.41, 5.74) is -0.00884. The largest absolute Gasteiger partial charge is 0.374 e. The molecule has 2 heteroatoms. The van der Waals surface area contributed by atoms with Crippen LogP contribution in [0.15, 0.2) is 0 Å². The maximum absolute atomic E-state index is 5.83. The molecule has 14 heavy (non-hydrogen) atoms. The van der Waals surface area contributed by atoms with Gasteiger partial charge in [0.2, 0.25) is 0 Å². The van der Waals surface area contributed by atoms with E-state index in [9.17, 15) is 0 Å². The number of rotatable bonds is 7. The molecule has 0 bridgehead atoms. The van der Waals surface area contributed by atoms with Crippen LogP contribution in [-0.2, 0) is 4.74 Å². The third-order valence-corrected chi connectivity index (χ3v) is 2.97. The maximum atomic E-state index is 5.83. The highest BCUT2D eigenvalue weighted by Crippen LogP contribution is 2.38. The lowest BCUT2D eigenvalue weighted by Crippen LogP contribution is -2.50. The van der Waals surface area contributed by atoms with Gasteiger partial charge >= 0.3 is 0 Å². The second-order valence-electron chi connectivity index (χ2n) is 4.81. The first-order valence-electron chi connectivity index (χ1n) is 5.99. The van der Waals surface area contributed by atoms with E-state index >= 15 is 0 Å². The Bertz CT molecular complexity index is 164. The summed E-state index contributed by atoms with van der Waals surface area (Å²) < 4.78 is 5.83. The van der Waals surface area contributed by atoms with Gasteiger partial charge in [-0.2, -0.15) is 0 Å². The second-order valence-corrected chi connectivity index (χ2v) is 4.81.